The van der Waals surface area contributed by atoms with E-state index in [1.54, 1.807) is 18.2 Å². The van der Waals surface area contributed by atoms with Crippen molar-refractivity contribution < 1.29 is 18.8 Å². The minimum atomic E-state index is -0.816. The molecule has 2 fully saturated rings. The zero-order valence-electron chi connectivity index (χ0n) is 18.3. The number of fused-ring (bicyclic) bond motifs is 5. The smallest absolute Gasteiger partial charge is 0.240 e. The molecule has 3 aliphatic rings. The molecule has 0 spiro atoms. The monoisotopic (exact) mass is 438 g/mol. The maximum absolute atomic E-state index is 13.8. The van der Waals surface area contributed by atoms with Crippen LogP contribution in [-0.2, 0) is 9.59 Å². The summed E-state index contributed by atoms with van der Waals surface area (Å²) in [7, 11) is 0. The summed E-state index contributed by atoms with van der Waals surface area (Å²) in [6.07, 6.45) is 5.23. The van der Waals surface area contributed by atoms with E-state index in [0.29, 0.717) is 5.69 Å². The van der Waals surface area contributed by atoms with Crippen molar-refractivity contribution in [3.05, 3.63) is 95.1 Å². The van der Waals surface area contributed by atoms with Gasteiger partial charge in [-0.1, -0.05) is 30.3 Å². The minimum absolute atomic E-state index is 0.191. The van der Waals surface area contributed by atoms with E-state index < -0.39 is 23.9 Å². The first-order chi connectivity index (χ1) is 16.0. The highest BCUT2D eigenvalue weighted by molar-refractivity contribution is 6.24. The highest BCUT2D eigenvalue weighted by Crippen LogP contribution is 2.53. The summed E-state index contributed by atoms with van der Waals surface area (Å²) in [5, 5.41) is 0. The highest BCUT2D eigenvalue weighted by Gasteiger charge is 2.64. The minimum Gasteiger partial charge on any atom is -0.461 e. The quantitative estimate of drug-likeness (QED) is 0.451. The van der Waals surface area contributed by atoms with Gasteiger partial charge in [-0.3, -0.25) is 14.4 Å². The zero-order valence-corrected chi connectivity index (χ0v) is 18.3. The second kappa shape index (κ2) is 7.04. The number of rotatable bonds is 3. The molecule has 4 heterocycles. The van der Waals surface area contributed by atoms with Crippen molar-refractivity contribution in [1.82, 2.24) is 4.90 Å². The first kappa shape index (κ1) is 19.7. The SMILES string of the molecule is Cc1ccc(N2C(=O)[C@@H]3[C@H](C2=O)C2c4ccccc4C=CN2[C@@H]3C(=O)c2ccco2)cc1C. The van der Waals surface area contributed by atoms with Crippen molar-refractivity contribution in [1.29, 1.82) is 0 Å². The Morgan fingerprint density at radius 3 is 2.45 bits per heavy atom. The summed E-state index contributed by atoms with van der Waals surface area (Å²) in [5.74, 6) is -2.14. The van der Waals surface area contributed by atoms with Crippen LogP contribution in [0.25, 0.3) is 6.08 Å². The van der Waals surface area contributed by atoms with Crippen LogP contribution in [0.2, 0.25) is 0 Å². The molecule has 1 unspecified atom stereocenters. The molecule has 4 atom stereocenters. The van der Waals surface area contributed by atoms with Gasteiger partial charge in [-0.15, -0.1) is 0 Å². The average molecular weight is 438 g/mol. The molecule has 2 saturated heterocycles. The lowest BCUT2D eigenvalue weighted by Crippen LogP contribution is -2.44. The number of anilines is 1. The van der Waals surface area contributed by atoms with Gasteiger partial charge in [0.05, 0.1) is 29.8 Å². The Balaban J connectivity index is 1.51. The van der Waals surface area contributed by atoms with Gasteiger partial charge in [0.15, 0.2) is 5.76 Å². The van der Waals surface area contributed by atoms with Gasteiger partial charge in [-0.05, 0) is 66.4 Å². The van der Waals surface area contributed by atoms with E-state index in [1.807, 2.05) is 67.4 Å². The van der Waals surface area contributed by atoms with Crippen LogP contribution in [-0.4, -0.2) is 28.5 Å². The third-order valence-electron chi connectivity index (χ3n) is 7.24. The maximum Gasteiger partial charge on any atom is 0.240 e. The molecule has 2 amide bonds. The highest BCUT2D eigenvalue weighted by atomic mass is 16.3. The van der Waals surface area contributed by atoms with Crippen molar-refractivity contribution in [2.24, 2.45) is 11.8 Å². The van der Waals surface area contributed by atoms with E-state index in [-0.39, 0.29) is 23.4 Å². The van der Waals surface area contributed by atoms with E-state index in [4.69, 9.17) is 4.42 Å². The third kappa shape index (κ3) is 2.70. The second-order valence-electron chi connectivity index (χ2n) is 8.96. The van der Waals surface area contributed by atoms with Gasteiger partial charge in [0.25, 0.3) is 0 Å². The number of furan rings is 1. The average Bonchev–Trinajstić information content (AvgIpc) is 3.52. The fourth-order valence-corrected chi connectivity index (χ4v) is 5.54. The number of benzene rings is 2. The molecule has 0 radical (unpaired) electrons. The molecule has 0 bridgehead atoms. The van der Waals surface area contributed by atoms with E-state index in [0.717, 1.165) is 22.3 Å². The number of aryl methyl sites for hydroxylation is 2. The first-order valence-electron chi connectivity index (χ1n) is 11.0. The van der Waals surface area contributed by atoms with Crippen LogP contribution in [0.4, 0.5) is 5.69 Å². The number of imide groups is 1. The molecule has 3 aromatic rings. The molecular weight excluding hydrogens is 416 g/mol. The summed E-state index contributed by atoms with van der Waals surface area (Å²) in [5.41, 5.74) is 4.58. The van der Waals surface area contributed by atoms with Crippen molar-refractivity contribution in [2.45, 2.75) is 25.9 Å². The van der Waals surface area contributed by atoms with Gasteiger partial charge in [0.2, 0.25) is 17.6 Å². The number of carbonyl (C=O) groups excluding carboxylic acids is 3. The van der Waals surface area contributed by atoms with Gasteiger partial charge in [0, 0.05) is 6.20 Å². The number of hydrogen-bond donors (Lipinski definition) is 0. The summed E-state index contributed by atoms with van der Waals surface area (Å²) in [4.78, 5) is 44.4. The molecule has 1 aromatic heterocycles. The summed E-state index contributed by atoms with van der Waals surface area (Å²) in [6.45, 7) is 3.94. The normalized spacial score (nSPS) is 25.3. The molecule has 164 valence electrons. The van der Waals surface area contributed by atoms with Crippen molar-refractivity contribution in [2.75, 3.05) is 4.90 Å². The molecule has 33 heavy (non-hydrogen) atoms. The predicted octanol–water partition coefficient (Wildman–Crippen LogP) is 4.29. The molecule has 0 aliphatic carbocycles. The van der Waals surface area contributed by atoms with E-state index in [9.17, 15) is 14.4 Å². The molecule has 6 heteroatoms. The molecule has 0 saturated carbocycles. The maximum atomic E-state index is 13.8. The van der Waals surface area contributed by atoms with Crippen molar-refractivity contribution in [3.8, 4) is 0 Å². The lowest BCUT2D eigenvalue weighted by molar-refractivity contribution is -0.123. The summed E-state index contributed by atoms with van der Waals surface area (Å²) >= 11 is 0. The zero-order chi connectivity index (χ0) is 22.9. The lowest BCUT2D eigenvalue weighted by Gasteiger charge is -2.35. The molecule has 0 N–H and O–H groups in total. The molecular formula is C27H22N2O4. The van der Waals surface area contributed by atoms with Crippen molar-refractivity contribution >= 4 is 29.4 Å². The van der Waals surface area contributed by atoms with Gasteiger partial charge in [-0.2, -0.15) is 0 Å². The molecule has 6 rings (SSSR count). The van der Waals surface area contributed by atoms with Gasteiger partial charge in [0.1, 0.15) is 6.04 Å². The number of carbonyl (C=O) groups is 3. The summed E-state index contributed by atoms with van der Waals surface area (Å²) < 4.78 is 5.40. The van der Waals surface area contributed by atoms with Crippen LogP contribution < -0.4 is 4.90 Å². The Morgan fingerprint density at radius 2 is 1.70 bits per heavy atom. The van der Waals surface area contributed by atoms with Crippen LogP contribution in [0, 0.1) is 25.7 Å². The standard InChI is InChI=1S/C27H22N2O4/c1-15-9-10-18(14-16(15)2)29-26(31)21-22(27(29)32)24(25(30)20-8-5-13-33-20)28-12-11-17-6-3-4-7-19(17)23(21)28/h3-14,21-24H,1-2H3/t21-,22+,23?,24-/m0/s1. The lowest BCUT2D eigenvalue weighted by atomic mass is 9.84. The fourth-order valence-electron chi connectivity index (χ4n) is 5.54. The number of Topliss-reactive ketones (excluding diaryl/α,β-unsaturated/α-hetero) is 1. The van der Waals surface area contributed by atoms with Gasteiger partial charge in [-0.25, -0.2) is 4.90 Å². The number of nitrogens with zero attached hydrogens (tertiary/aromatic N) is 2. The molecule has 6 nitrogen and oxygen atoms in total. The third-order valence-corrected chi connectivity index (χ3v) is 7.24. The van der Waals surface area contributed by atoms with E-state index >= 15 is 0 Å². The Labute approximate surface area is 191 Å². The number of hydrogen-bond acceptors (Lipinski definition) is 5. The largest absolute Gasteiger partial charge is 0.461 e. The topological polar surface area (TPSA) is 70.8 Å². The number of ketones is 1. The van der Waals surface area contributed by atoms with Crippen LogP contribution in [0.1, 0.15) is 38.9 Å². The van der Waals surface area contributed by atoms with Gasteiger partial charge < -0.3 is 9.32 Å². The van der Waals surface area contributed by atoms with Crippen LogP contribution in [0.5, 0.6) is 0 Å². The Kier molecular flexibility index (Phi) is 4.21. The van der Waals surface area contributed by atoms with Crippen LogP contribution in [0.15, 0.2) is 71.5 Å². The predicted molar refractivity (Wildman–Crippen MR) is 122 cm³/mol. The second-order valence-corrected chi connectivity index (χ2v) is 8.96. The van der Waals surface area contributed by atoms with E-state index in [2.05, 4.69) is 0 Å². The van der Waals surface area contributed by atoms with Crippen LogP contribution in [0.3, 0.4) is 0 Å². The molecule has 2 aromatic carbocycles. The Morgan fingerprint density at radius 1 is 0.909 bits per heavy atom. The van der Waals surface area contributed by atoms with Crippen LogP contribution >= 0.6 is 0 Å². The Bertz CT molecular complexity index is 1340. The first-order valence-corrected chi connectivity index (χ1v) is 11.0. The Hall–Kier alpha value is -3.93. The summed E-state index contributed by atoms with van der Waals surface area (Å²) in [6, 6.07) is 15.5. The number of amides is 2. The van der Waals surface area contributed by atoms with E-state index in [1.165, 1.54) is 11.2 Å². The van der Waals surface area contributed by atoms with Crippen molar-refractivity contribution in [3.63, 3.8) is 0 Å². The fraction of sp³-hybridized carbons (Fsp3) is 0.222. The molecule has 3 aliphatic heterocycles. The van der Waals surface area contributed by atoms with Gasteiger partial charge >= 0.3 is 0 Å².